The van der Waals surface area contributed by atoms with Crippen molar-refractivity contribution in [2.45, 2.75) is 51.4 Å². The van der Waals surface area contributed by atoms with Crippen LogP contribution in [0.4, 0.5) is 0 Å². The normalized spacial score (nSPS) is 13.4. The molecule has 0 aliphatic heterocycles. The Hall–Kier alpha value is 0.452. The van der Waals surface area contributed by atoms with Gasteiger partial charge in [-0.15, -0.1) is 0 Å². The molecule has 0 aromatic heterocycles. The molecule has 0 N–H and O–H groups in total. The lowest BCUT2D eigenvalue weighted by Gasteiger charge is -2.30. The van der Waals surface area contributed by atoms with Gasteiger partial charge < -0.3 is 3.79 Å². The van der Waals surface area contributed by atoms with Gasteiger partial charge in [0.1, 0.15) is 0 Å². The van der Waals surface area contributed by atoms with Crippen LogP contribution in [-0.2, 0) is 3.79 Å². The van der Waals surface area contributed by atoms with Gasteiger partial charge in [-0.2, -0.15) is 0 Å². The van der Waals surface area contributed by atoms with Crippen molar-refractivity contribution in [1.29, 1.82) is 0 Å². The lowest BCUT2D eigenvalue weighted by molar-refractivity contribution is 0.0388. The Labute approximate surface area is 88.0 Å². The maximum Gasteiger partial charge on any atom is 0.455 e. The first-order valence-corrected chi connectivity index (χ1v) is 8.29. The monoisotopic (exact) mass is 201 g/mol. The van der Waals surface area contributed by atoms with Crippen LogP contribution in [0.1, 0.15) is 33.6 Å². The maximum absolute atomic E-state index is 5.88. The lowest BCUT2D eigenvalue weighted by atomic mass is 10.3. The molecule has 0 aliphatic rings. The predicted molar refractivity (Wildman–Crippen MR) is 60.2 cm³/mol. The fraction of sp³-hybridized carbons (Fsp3) is 1.00. The quantitative estimate of drug-likeness (QED) is 0.464. The third-order valence-corrected chi connectivity index (χ3v) is 2.94. The molecule has 78 valence electrons. The van der Waals surface area contributed by atoms with E-state index in [1.54, 1.807) is 0 Å². The smallest absolute Gasteiger partial charge is 0.455 e. The summed E-state index contributed by atoms with van der Waals surface area (Å²) >= 11 is -0.876. The molecular weight excluding hydrogens is 177 g/mol. The molecule has 0 saturated carbocycles. The Kier molecular flexibility index (Phi) is 8.09. The average Bonchev–Trinajstić information content (AvgIpc) is 2.02. The standard InChI is InChI=1S/C8H18NO.2CH3.Al/c1-4-6-9(7-5-2)8(3)10;;;/h8H,4-7H2,1-3H3;2*1H3;/q-1;;;+1. The van der Waals surface area contributed by atoms with Crippen LogP contribution in [-0.4, -0.2) is 38.7 Å². The third-order valence-electron chi connectivity index (χ3n) is 2.00. The Morgan fingerprint density at radius 2 is 1.62 bits per heavy atom. The van der Waals surface area contributed by atoms with Gasteiger partial charge in [-0.1, -0.05) is 25.4 Å². The molecule has 1 unspecified atom stereocenters. The van der Waals surface area contributed by atoms with Gasteiger partial charge in [0.2, 0.25) is 0 Å². The number of hydrogen-bond acceptors (Lipinski definition) is 2. The van der Waals surface area contributed by atoms with E-state index in [2.05, 4.69) is 37.2 Å². The minimum atomic E-state index is -0.876. The SMILES string of the molecule is CCCN(CCC)C(C)[O][Al]([CH3])[CH3]. The van der Waals surface area contributed by atoms with Crippen LogP contribution >= 0.6 is 0 Å². The Balaban J connectivity index is 3.86. The highest BCUT2D eigenvalue weighted by Gasteiger charge is 2.15. The van der Waals surface area contributed by atoms with Crippen LogP contribution in [0.5, 0.6) is 0 Å². The minimum Gasteiger partial charge on any atom is -0.487 e. The van der Waals surface area contributed by atoms with Crippen molar-refractivity contribution in [3.63, 3.8) is 0 Å². The Morgan fingerprint density at radius 1 is 1.15 bits per heavy atom. The summed E-state index contributed by atoms with van der Waals surface area (Å²) in [6.07, 6.45) is 2.76. The highest BCUT2D eigenvalue weighted by Crippen LogP contribution is 2.04. The maximum atomic E-state index is 5.88. The molecule has 0 radical (unpaired) electrons. The highest BCUT2D eigenvalue weighted by atomic mass is 27.2. The molecule has 0 heterocycles. The summed E-state index contributed by atoms with van der Waals surface area (Å²) in [6, 6.07) is 0. The lowest BCUT2D eigenvalue weighted by Crippen LogP contribution is -2.38. The summed E-state index contributed by atoms with van der Waals surface area (Å²) in [4.78, 5) is 2.44. The fourth-order valence-corrected chi connectivity index (χ4v) is 2.49. The van der Waals surface area contributed by atoms with Crippen LogP contribution in [0.3, 0.4) is 0 Å². The molecular formula is C10H24AlNO. The van der Waals surface area contributed by atoms with E-state index in [9.17, 15) is 0 Å². The van der Waals surface area contributed by atoms with Crippen LogP contribution in [0, 0.1) is 0 Å². The van der Waals surface area contributed by atoms with Crippen molar-refractivity contribution < 1.29 is 3.79 Å². The first kappa shape index (κ1) is 13.5. The van der Waals surface area contributed by atoms with E-state index in [1.807, 2.05) is 0 Å². The van der Waals surface area contributed by atoms with Gasteiger partial charge >= 0.3 is 14.5 Å². The van der Waals surface area contributed by atoms with Crippen molar-refractivity contribution >= 4 is 14.5 Å². The van der Waals surface area contributed by atoms with E-state index in [-0.39, 0.29) is 0 Å². The molecule has 0 aromatic carbocycles. The van der Waals surface area contributed by atoms with E-state index in [1.165, 1.54) is 12.8 Å². The Morgan fingerprint density at radius 3 is 1.92 bits per heavy atom. The summed E-state index contributed by atoms with van der Waals surface area (Å²) in [5.74, 6) is 4.46. The molecule has 0 aliphatic carbocycles. The van der Waals surface area contributed by atoms with Crippen molar-refractivity contribution in [2.24, 2.45) is 0 Å². The van der Waals surface area contributed by atoms with Gasteiger partial charge in [0.15, 0.2) is 0 Å². The largest absolute Gasteiger partial charge is 0.487 e. The zero-order valence-corrected chi connectivity index (χ0v) is 11.0. The molecule has 13 heavy (non-hydrogen) atoms. The molecule has 0 amide bonds. The average molecular weight is 201 g/mol. The van der Waals surface area contributed by atoms with Crippen molar-refractivity contribution in [3.8, 4) is 0 Å². The second-order valence-electron chi connectivity index (χ2n) is 3.82. The second-order valence-corrected chi connectivity index (χ2v) is 6.19. The third kappa shape index (κ3) is 6.51. The highest BCUT2D eigenvalue weighted by molar-refractivity contribution is 6.48. The van der Waals surface area contributed by atoms with Crippen LogP contribution in [0.25, 0.3) is 0 Å². The van der Waals surface area contributed by atoms with Gasteiger partial charge in [-0.3, -0.25) is 4.90 Å². The van der Waals surface area contributed by atoms with E-state index in [4.69, 9.17) is 3.79 Å². The Bertz CT molecular complexity index is 113. The van der Waals surface area contributed by atoms with E-state index >= 15 is 0 Å². The predicted octanol–water partition coefficient (Wildman–Crippen LogP) is 2.72. The summed E-state index contributed by atoms with van der Waals surface area (Å²) in [5.41, 5.74) is 0. The van der Waals surface area contributed by atoms with Crippen LogP contribution in [0.2, 0.25) is 11.6 Å². The van der Waals surface area contributed by atoms with E-state index in [0.717, 1.165) is 13.1 Å². The van der Waals surface area contributed by atoms with Gasteiger partial charge in [-0.05, 0) is 19.8 Å². The second kappa shape index (κ2) is 7.82. The zero-order valence-electron chi connectivity index (χ0n) is 9.84. The molecule has 0 saturated heterocycles. The summed E-state index contributed by atoms with van der Waals surface area (Å²) < 4.78 is 5.88. The van der Waals surface area contributed by atoms with Crippen molar-refractivity contribution in [1.82, 2.24) is 4.90 Å². The molecule has 2 nitrogen and oxygen atoms in total. The van der Waals surface area contributed by atoms with Gasteiger partial charge in [-0.25, -0.2) is 0 Å². The van der Waals surface area contributed by atoms with E-state index < -0.39 is 14.5 Å². The molecule has 3 heteroatoms. The number of rotatable bonds is 7. The molecule has 0 spiro atoms. The number of nitrogens with zero attached hydrogens (tertiary/aromatic N) is 1. The molecule has 0 aromatic rings. The summed E-state index contributed by atoms with van der Waals surface area (Å²) in [7, 11) is 0. The van der Waals surface area contributed by atoms with Crippen LogP contribution in [0.15, 0.2) is 0 Å². The molecule has 1 atom stereocenters. The number of hydrogen-bond donors (Lipinski definition) is 0. The van der Waals surface area contributed by atoms with Gasteiger partial charge in [0.25, 0.3) is 0 Å². The van der Waals surface area contributed by atoms with Crippen molar-refractivity contribution in [2.75, 3.05) is 13.1 Å². The summed E-state index contributed by atoms with van der Waals surface area (Å²) in [5, 5.41) is 0. The summed E-state index contributed by atoms with van der Waals surface area (Å²) in [6.45, 7) is 8.95. The minimum absolute atomic E-state index is 0.326. The van der Waals surface area contributed by atoms with Gasteiger partial charge in [0, 0.05) is 13.1 Å². The molecule has 0 fully saturated rings. The van der Waals surface area contributed by atoms with Crippen LogP contribution < -0.4 is 0 Å². The molecule has 0 bridgehead atoms. The first-order chi connectivity index (χ1) is 6.11. The fourth-order valence-electron chi connectivity index (χ4n) is 1.53. The first-order valence-electron chi connectivity index (χ1n) is 5.51. The topological polar surface area (TPSA) is 12.5 Å². The molecule has 0 rings (SSSR count). The van der Waals surface area contributed by atoms with Crippen molar-refractivity contribution in [3.05, 3.63) is 0 Å². The van der Waals surface area contributed by atoms with Gasteiger partial charge in [0.05, 0.1) is 6.23 Å². The van der Waals surface area contributed by atoms with E-state index in [0.29, 0.717) is 6.23 Å². The zero-order chi connectivity index (χ0) is 10.3.